The lowest BCUT2D eigenvalue weighted by Crippen LogP contribution is -2.39. The number of pyridine rings is 1. The van der Waals surface area contributed by atoms with Crippen LogP contribution in [0.5, 0.6) is 0 Å². The minimum atomic E-state index is 0.683. The van der Waals surface area contributed by atoms with Crippen molar-refractivity contribution in [3.05, 3.63) is 42.1 Å². The normalized spacial score (nSPS) is 11.8. The predicted octanol–water partition coefficient (Wildman–Crippen LogP) is 2.68. The summed E-state index contributed by atoms with van der Waals surface area (Å²) < 4.78 is 1.97. The first kappa shape index (κ1) is 18.0. The molecule has 24 heavy (non-hydrogen) atoms. The molecule has 0 fully saturated rings. The van der Waals surface area contributed by atoms with Crippen LogP contribution in [0.15, 0.2) is 35.7 Å². The fourth-order valence-corrected chi connectivity index (χ4v) is 2.51. The molecule has 0 aliphatic carbocycles. The van der Waals surface area contributed by atoms with Crippen molar-refractivity contribution in [3.8, 4) is 5.82 Å². The summed E-state index contributed by atoms with van der Waals surface area (Å²) in [5.74, 6) is 3.32. The van der Waals surface area contributed by atoms with Crippen molar-refractivity contribution in [3.63, 3.8) is 0 Å². The molecule has 0 bridgehead atoms. The molecule has 130 valence electrons. The molecule has 0 unspecified atom stereocenters. The van der Waals surface area contributed by atoms with Crippen LogP contribution < -0.4 is 10.6 Å². The van der Waals surface area contributed by atoms with E-state index >= 15 is 0 Å². The number of imidazole rings is 1. The molecule has 6 heteroatoms. The van der Waals surface area contributed by atoms with Gasteiger partial charge in [-0.15, -0.1) is 0 Å². The molecule has 0 saturated heterocycles. The van der Waals surface area contributed by atoms with Gasteiger partial charge in [0.25, 0.3) is 0 Å². The Morgan fingerprint density at radius 2 is 2.00 bits per heavy atom. The molecule has 0 saturated carbocycles. The second kappa shape index (κ2) is 9.05. The van der Waals surface area contributed by atoms with Crippen LogP contribution in [0.2, 0.25) is 0 Å². The lowest BCUT2D eigenvalue weighted by molar-refractivity contribution is 0.481. The Kier molecular flexibility index (Phi) is 6.78. The number of nitrogens with zero attached hydrogens (tertiary/aromatic N) is 4. The van der Waals surface area contributed by atoms with Gasteiger partial charge in [-0.25, -0.2) is 9.97 Å². The second-order valence-electron chi connectivity index (χ2n) is 5.86. The summed E-state index contributed by atoms with van der Waals surface area (Å²) in [6.07, 6.45) is 7.94. The quantitative estimate of drug-likeness (QED) is 0.606. The van der Waals surface area contributed by atoms with Crippen molar-refractivity contribution in [2.24, 2.45) is 10.9 Å². The second-order valence-corrected chi connectivity index (χ2v) is 5.86. The van der Waals surface area contributed by atoms with Crippen LogP contribution in [0, 0.1) is 12.8 Å². The molecule has 0 aliphatic heterocycles. The molecule has 0 amide bonds. The SMILES string of the molecule is CCC(CC)CNC(=NC)NCc1ccc(-n2ccnc2C)nc1. The molecule has 2 heterocycles. The van der Waals surface area contributed by atoms with E-state index in [0.29, 0.717) is 12.5 Å². The number of rotatable bonds is 7. The summed E-state index contributed by atoms with van der Waals surface area (Å²) in [5, 5.41) is 6.72. The Bertz CT molecular complexity index is 640. The summed E-state index contributed by atoms with van der Waals surface area (Å²) in [4.78, 5) is 13.0. The molecule has 0 aromatic carbocycles. The fourth-order valence-electron chi connectivity index (χ4n) is 2.51. The van der Waals surface area contributed by atoms with E-state index in [4.69, 9.17) is 0 Å². The number of hydrogen-bond acceptors (Lipinski definition) is 3. The Morgan fingerprint density at radius 3 is 2.54 bits per heavy atom. The van der Waals surface area contributed by atoms with Crippen LogP contribution in [-0.4, -0.2) is 34.1 Å². The van der Waals surface area contributed by atoms with Gasteiger partial charge in [0, 0.05) is 38.7 Å². The monoisotopic (exact) mass is 328 g/mol. The van der Waals surface area contributed by atoms with Crippen LogP contribution in [0.25, 0.3) is 5.82 Å². The third-order valence-electron chi connectivity index (χ3n) is 4.28. The highest BCUT2D eigenvalue weighted by molar-refractivity contribution is 5.79. The van der Waals surface area contributed by atoms with Crippen molar-refractivity contribution in [1.82, 2.24) is 25.2 Å². The van der Waals surface area contributed by atoms with Crippen molar-refractivity contribution in [2.45, 2.75) is 40.2 Å². The van der Waals surface area contributed by atoms with E-state index in [0.717, 1.165) is 29.7 Å². The summed E-state index contributed by atoms with van der Waals surface area (Å²) >= 11 is 0. The lowest BCUT2D eigenvalue weighted by Gasteiger charge is -2.16. The number of aliphatic imine (C=N–C) groups is 1. The molecular formula is C18H28N6. The molecule has 2 rings (SSSR count). The highest BCUT2D eigenvalue weighted by atomic mass is 15.2. The molecule has 0 radical (unpaired) electrons. The first-order valence-corrected chi connectivity index (χ1v) is 8.57. The maximum absolute atomic E-state index is 4.51. The Morgan fingerprint density at radius 1 is 1.21 bits per heavy atom. The van der Waals surface area contributed by atoms with Gasteiger partial charge in [0.15, 0.2) is 5.96 Å². The number of hydrogen-bond donors (Lipinski definition) is 2. The van der Waals surface area contributed by atoms with Crippen LogP contribution >= 0.6 is 0 Å². The smallest absolute Gasteiger partial charge is 0.191 e. The minimum Gasteiger partial charge on any atom is -0.356 e. The molecular weight excluding hydrogens is 300 g/mol. The zero-order valence-electron chi connectivity index (χ0n) is 15.1. The van der Waals surface area contributed by atoms with Crippen LogP contribution in [-0.2, 0) is 6.54 Å². The fraction of sp³-hybridized carbons (Fsp3) is 0.500. The van der Waals surface area contributed by atoms with E-state index in [1.165, 1.54) is 12.8 Å². The van der Waals surface area contributed by atoms with Crippen molar-refractivity contribution in [2.75, 3.05) is 13.6 Å². The Balaban J connectivity index is 1.88. The molecule has 6 nitrogen and oxygen atoms in total. The van der Waals surface area contributed by atoms with Gasteiger partial charge in [-0.1, -0.05) is 32.8 Å². The van der Waals surface area contributed by atoms with E-state index in [9.17, 15) is 0 Å². The van der Waals surface area contributed by atoms with Gasteiger partial charge in [0.2, 0.25) is 0 Å². The summed E-state index contributed by atoms with van der Waals surface area (Å²) in [5.41, 5.74) is 1.11. The number of aromatic nitrogens is 3. The van der Waals surface area contributed by atoms with Gasteiger partial charge >= 0.3 is 0 Å². The lowest BCUT2D eigenvalue weighted by atomic mass is 10.0. The molecule has 2 aromatic heterocycles. The average molecular weight is 328 g/mol. The van der Waals surface area contributed by atoms with Crippen LogP contribution in [0.4, 0.5) is 0 Å². The Hall–Kier alpha value is -2.37. The summed E-state index contributed by atoms with van der Waals surface area (Å²) in [6.45, 7) is 8.05. The van der Waals surface area contributed by atoms with Crippen LogP contribution in [0.3, 0.4) is 0 Å². The highest BCUT2D eigenvalue weighted by Gasteiger charge is 2.06. The van der Waals surface area contributed by atoms with Gasteiger partial charge in [0.05, 0.1) is 0 Å². The van der Waals surface area contributed by atoms with E-state index in [2.05, 4.69) is 45.5 Å². The van der Waals surface area contributed by atoms with E-state index in [-0.39, 0.29) is 0 Å². The Labute approximate surface area is 144 Å². The maximum Gasteiger partial charge on any atom is 0.191 e. The van der Waals surface area contributed by atoms with Gasteiger partial charge in [-0.05, 0) is 24.5 Å². The van der Waals surface area contributed by atoms with Gasteiger partial charge in [-0.2, -0.15) is 0 Å². The zero-order chi connectivity index (χ0) is 17.4. The van der Waals surface area contributed by atoms with Gasteiger partial charge in [-0.3, -0.25) is 9.56 Å². The highest BCUT2D eigenvalue weighted by Crippen LogP contribution is 2.08. The third kappa shape index (κ3) is 4.81. The van der Waals surface area contributed by atoms with Crippen molar-refractivity contribution in [1.29, 1.82) is 0 Å². The largest absolute Gasteiger partial charge is 0.356 e. The first-order chi connectivity index (χ1) is 11.7. The molecule has 0 atom stereocenters. The molecule has 2 N–H and O–H groups in total. The standard InChI is InChI=1S/C18H28N6/c1-5-15(6-2)11-22-18(19-4)23-13-16-7-8-17(21-12-16)24-10-9-20-14(24)3/h7-10,12,15H,5-6,11,13H2,1-4H3,(H2,19,22,23). The van der Waals surface area contributed by atoms with E-state index in [1.54, 1.807) is 13.2 Å². The van der Waals surface area contributed by atoms with Crippen molar-refractivity contribution >= 4 is 5.96 Å². The topological polar surface area (TPSA) is 67.1 Å². The van der Waals surface area contributed by atoms with E-state index < -0.39 is 0 Å². The number of aryl methyl sites for hydroxylation is 1. The van der Waals surface area contributed by atoms with E-state index in [1.807, 2.05) is 30.0 Å². The number of guanidine groups is 1. The van der Waals surface area contributed by atoms with Gasteiger partial charge < -0.3 is 10.6 Å². The predicted molar refractivity (Wildman–Crippen MR) is 98.4 cm³/mol. The van der Waals surface area contributed by atoms with Crippen molar-refractivity contribution < 1.29 is 0 Å². The third-order valence-corrected chi connectivity index (χ3v) is 4.28. The van der Waals surface area contributed by atoms with Gasteiger partial charge in [0.1, 0.15) is 11.6 Å². The number of nitrogens with one attached hydrogen (secondary N) is 2. The summed E-state index contributed by atoms with van der Waals surface area (Å²) in [6, 6.07) is 4.08. The minimum absolute atomic E-state index is 0.683. The van der Waals surface area contributed by atoms with Crippen LogP contribution in [0.1, 0.15) is 38.1 Å². The first-order valence-electron chi connectivity index (χ1n) is 8.57. The molecule has 0 aliphatic rings. The molecule has 0 spiro atoms. The zero-order valence-corrected chi connectivity index (χ0v) is 15.1. The average Bonchev–Trinajstić information content (AvgIpc) is 3.05. The molecule has 2 aromatic rings. The maximum atomic E-state index is 4.51. The summed E-state index contributed by atoms with van der Waals surface area (Å²) in [7, 11) is 1.80.